The van der Waals surface area contributed by atoms with E-state index in [0.717, 1.165) is 18.3 Å². The molecule has 1 aromatic carbocycles. The topological polar surface area (TPSA) is 96.4 Å². The molecule has 0 spiro atoms. The molecule has 2 aromatic rings. The molecule has 0 aliphatic heterocycles. The van der Waals surface area contributed by atoms with Crippen LogP contribution in [0.5, 0.6) is 0 Å². The van der Waals surface area contributed by atoms with E-state index in [4.69, 9.17) is 5.11 Å². The van der Waals surface area contributed by atoms with Crippen molar-refractivity contribution in [2.24, 2.45) is 0 Å². The summed E-state index contributed by atoms with van der Waals surface area (Å²) in [6.07, 6.45) is 1.15. The van der Waals surface area contributed by atoms with Gasteiger partial charge in [0.25, 0.3) is 10.0 Å². The number of nitrogens with zero attached hydrogens (tertiary/aromatic N) is 1. The van der Waals surface area contributed by atoms with E-state index in [1.165, 1.54) is 18.2 Å². The number of carboxylic acid groups (broad SMARTS) is 1. The molecule has 0 fully saturated rings. The molecule has 0 aliphatic rings. The predicted molar refractivity (Wildman–Crippen MR) is 73.1 cm³/mol. The number of carboxylic acids is 1. The fourth-order valence-corrected chi connectivity index (χ4v) is 2.76. The summed E-state index contributed by atoms with van der Waals surface area (Å²) in [5, 5.41) is 8.16. The molecular formula is C13H11FN2O4S. The molecule has 1 aromatic heterocycles. The van der Waals surface area contributed by atoms with Gasteiger partial charge in [0.15, 0.2) is 5.82 Å². The van der Waals surface area contributed by atoms with Gasteiger partial charge in [-0.1, -0.05) is 6.07 Å². The highest BCUT2D eigenvalue weighted by Gasteiger charge is 2.21. The lowest BCUT2D eigenvalue weighted by atomic mass is 10.1. The summed E-state index contributed by atoms with van der Waals surface area (Å²) < 4.78 is 39.9. The number of anilines is 1. The van der Waals surface area contributed by atoms with Crippen molar-refractivity contribution < 1.29 is 22.7 Å². The largest absolute Gasteiger partial charge is 0.478 e. The molecule has 0 amide bonds. The first-order chi connectivity index (χ1) is 9.81. The molecular weight excluding hydrogens is 299 g/mol. The highest BCUT2D eigenvalue weighted by Crippen LogP contribution is 2.21. The molecule has 2 N–H and O–H groups in total. The lowest BCUT2D eigenvalue weighted by molar-refractivity contribution is 0.0697. The van der Waals surface area contributed by atoms with Crippen LogP contribution >= 0.6 is 0 Å². The van der Waals surface area contributed by atoms with E-state index in [9.17, 15) is 17.6 Å². The zero-order chi connectivity index (χ0) is 15.6. The van der Waals surface area contributed by atoms with Crippen molar-refractivity contribution >= 4 is 21.7 Å². The molecule has 2 rings (SSSR count). The van der Waals surface area contributed by atoms with Crippen molar-refractivity contribution in [3.05, 3.63) is 53.5 Å². The maximum absolute atomic E-state index is 13.5. The highest BCUT2D eigenvalue weighted by molar-refractivity contribution is 7.92. The Balaban J connectivity index is 2.44. The van der Waals surface area contributed by atoms with Crippen LogP contribution in [0.25, 0.3) is 0 Å². The average Bonchev–Trinajstić information content (AvgIpc) is 2.41. The van der Waals surface area contributed by atoms with Crippen LogP contribution < -0.4 is 4.72 Å². The minimum atomic E-state index is -4.24. The number of hydrogen-bond donors (Lipinski definition) is 2. The molecule has 0 bridgehead atoms. The molecule has 0 atom stereocenters. The van der Waals surface area contributed by atoms with E-state index >= 15 is 0 Å². The molecule has 1 heterocycles. The van der Waals surface area contributed by atoms with E-state index < -0.39 is 26.8 Å². The Labute approximate surface area is 120 Å². The van der Waals surface area contributed by atoms with Gasteiger partial charge >= 0.3 is 5.97 Å². The van der Waals surface area contributed by atoms with Gasteiger partial charge in [-0.3, -0.25) is 4.72 Å². The number of aromatic carboxylic acids is 1. The first-order valence-corrected chi connectivity index (χ1v) is 7.27. The molecule has 0 aliphatic carbocycles. The Morgan fingerprint density at radius 2 is 2.05 bits per heavy atom. The van der Waals surface area contributed by atoms with Gasteiger partial charge in [0.1, 0.15) is 0 Å². The first-order valence-electron chi connectivity index (χ1n) is 5.78. The molecule has 8 heteroatoms. The number of halogens is 1. The summed E-state index contributed by atoms with van der Waals surface area (Å²) >= 11 is 0. The fourth-order valence-electron chi connectivity index (χ4n) is 1.63. The van der Waals surface area contributed by atoms with Crippen LogP contribution in [-0.2, 0) is 10.0 Å². The van der Waals surface area contributed by atoms with Crippen molar-refractivity contribution in [1.29, 1.82) is 0 Å². The van der Waals surface area contributed by atoms with E-state index in [1.54, 1.807) is 6.92 Å². The van der Waals surface area contributed by atoms with Crippen LogP contribution in [0.1, 0.15) is 15.9 Å². The number of benzene rings is 1. The third-order valence-electron chi connectivity index (χ3n) is 2.71. The van der Waals surface area contributed by atoms with E-state index in [2.05, 4.69) is 9.71 Å². The van der Waals surface area contributed by atoms with Gasteiger partial charge in [0.2, 0.25) is 5.03 Å². The second-order valence-electron chi connectivity index (χ2n) is 4.23. The summed E-state index contributed by atoms with van der Waals surface area (Å²) in [4.78, 5) is 14.4. The molecule has 110 valence electrons. The van der Waals surface area contributed by atoms with Gasteiger partial charge < -0.3 is 5.11 Å². The zero-order valence-corrected chi connectivity index (χ0v) is 11.7. The monoisotopic (exact) mass is 310 g/mol. The Hall–Kier alpha value is -2.48. The summed E-state index contributed by atoms with van der Waals surface area (Å²) in [6.45, 7) is 1.60. The van der Waals surface area contributed by atoms with E-state index in [0.29, 0.717) is 5.56 Å². The van der Waals surface area contributed by atoms with Crippen LogP contribution in [0.15, 0.2) is 41.6 Å². The van der Waals surface area contributed by atoms with Gasteiger partial charge in [-0.2, -0.15) is 8.42 Å². The van der Waals surface area contributed by atoms with Gasteiger partial charge in [-0.05, 0) is 36.8 Å². The number of pyridine rings is 1. The van der Waals surface area contributed by atoms with Crippen molar-refractivity contribution in [2.45, 2.75) is 11.9 Å². The number of hydrogen-bond acceptors (Lipinski definition) is 4. The number of rotatable bonds is 4. The highest BCUT2D eigenvalue weighted by atomic mass is 32.2. The van der Waals surface area contributed by atoms with E-state index in [-0.39, 0.29) is 11.3 Å². The molecule has 6 nitrogen and oxygen atoms in total. The first kappa shape index (κ1) is 14.9. The standard InChI is InChI=1S/C13H11FN2O4S/c1-8-4-5-9(13(17)18)7-11(8)16-21(19,20)12-10(14)3-2-6-15-12/h2-7,16H,1H3,(H,17,18). The molecule has 0 saturated carbocycles. The van der Waals surface area contributed by atoms with Crippen LogP contribution in [0, 0.1) is 12.7 Å². The lowest BCUT2D eigenvalue weighted by Gasteiger charge is -2.11. The minimum absolute atomic E-state index is 0.0555. The fraction of sp³-hybridized carbons (Fsp3) is 0.0769. The third-order valence-corrected chi connectivity index (χ3v) is 4.01. The minimum Gasteiger partial charge on any atom is -0.478 e. The summed E-state index contributed by atoms with van der Waals surface area (Å²) in [6, 6.07) is 6.20. The maximum Gasteiger partial charge on any atom is 0.335 e. The van der Waals surface area contributed by atoms with Crippen LogP contribution in [0.3, 0.4) is 0 Å². The SMILES string of the molecule is Cc1ccc(C(=O)O)cc1NS(=O)(=O)c1ncccc1F. The van der Waals surface area contributed by atoms with Gasteiger partial charge in [0.05, 0.1) is 11.3 Å². The number of aromatic nitrogens is 1. The van der Waals surface area contributed by atoms with Crippen LogP contribution in [-0.4, -0.2) is 24.5 Å². The van der Waals surface area contributed by atoms with E-state index in [1.807, 2.05) is 0 Å². The Kier molecular flexibility index (Phi) is 3.90. The second-order valence-corrected chi connectivity index (χ2v) is 5.83. The summed E-state index contributed by atoms with van der Waals surface area (Å²) in [5.74, 6) is -2.18. The Morgan fingerprint density at radius 3 is 2.67 bits per heavy atom. The van der Waals surface area contributed by atoms with Gasteiger partial charge in [-0.15, -0.1) is 0 Å². The second kappa shape index (κ2) is 5.49. The summed E-state index contributed by atoms with van der Waals surface area (Å²) in [7, 11) is -4.24. The van der Waals surface area contributed by atoms with Gasteiger partial charge in [0, 0.05) is 6.20 Å². The van der Waals surface area contributed by atoms with Crippen molar-refractivity contribution in [1.82, 2.24) is 4.98 Å². The normalized spacial score (nSPS) is 11.1. The Bertz CT molecular complexity index is 806. The number of carbonyl (C=O) groups is 1. The van der Waals surface area contributed by atoms with Crippen LogP contribution in [0.2, 0.25) is 0 Å². The number of nitrogens with one attached hydrogen (secondary N) is 1. The van der Waals surface area contributed by atoms with Crippen molar-refractivity contribution in [2.75, 3.05) is 4.72 Å². The van der Waals surface area contributed by atoms with Crippen LogP contribution in [0.4, 0.5) is 10.1 Å². The maximum atomic E-state index is 13.5. The molecule has 21 heavy (non-hydrogen) atoms. The van der Waals surface area contributed by atoms with Crippen molar-refractivity contribution in [3.8, 4) is 0 Å². The molecule has 0 radical (unpaired) electrons. The molecule has 0 saturated heterocycles. The predicted octanol–water partition coefficient (Wildman–Crippen LogP) is 2.03. The lowest BCUT2D eigenvalue weighted by Crippen LogP contribution is -2.17. The zero-order valence-electron chi connectivity index (χ0n) is 10.9. The quantitative estimate of drug-likeness (QED) is 0.900. The smallest absolute Gasteiger partial charge is 0.335 e. The number of sulfonamides is 1. The van der Waals surface area contributed by atoms with Crippen molar-refractivity contribution in [3.63, 3.8) is 0 Å². The Morgan fingerprint density at radius 1 is 1.33 bits per heavy atom. The van der Waals surface area contributed by atoms with Gasteiger partial charge in [-0.25, -0.2) is 14.2 Å². The third kappa shape index (κ3) is 3.16. The average molecular weight is 310 g/mol. The summed E-state index contributed by atoms with van der Waals surface area (Å²) in [5.41, 5.74) is 0.472. The molecule has 0 unspecified atom stereocenters. The number of aryl methyl sites for hydroxylation is 1.